The molecule has 0 aromatic heterocycles. The standard InChI is InChI=1S/C14H30N2O/c1-4-7-11-16(12-10-15)14(17)13(8-5-2)9-6-3/h13H,4-12,15H2,1-3H3. The second-order valence-electron chi connectivity index (χ2n) is 4.74. The lowest BCUT2D eigenvalue weighted by Crippen LogP contribution is -2.40. The molecule has 0 fully saturated rings. The zero-order chi connectivity index (χ0) is 13.1. The van der Waals surface area contributed by atoms with E-state index in [9.17, 15) is 4.79 Å². The summed E-state index contributed by atoms with van der Waals surface area (Å²) in [6.07, 6.45) is 6.40. The third kappa shape index (κ3) is 6.67. The van der Waals surface area contributed by atoms with Crippen LogP contribution in [-0.4, -0.2) is 30.4 Å². The topological polar surface area (TPSA) is 46.3 Å². The van der Waals surface area contributed by atoms with Crippen molar-refractivity contribution in [3.63, 3.8) is 0 Å². The Kier molecular flexibility index (Phi) is 10.2. The van der Waals surface area contributed by atoms with Crippen molar-refractivity contribution in [2.24, 2.45) is 11.7 Å². The molecule has 0 aromatic rings. The van der Waals surface area contributed by atoms with Gasteiger partial charge in [-0.3, -0.25) is 4.79 Å². The predicted octanol–water partition coefficient (Wildman–Crippen LogP) is 2.79. The van der Waals surface area contributed by atoms with Crippen LogP contribution >= 0.6 is 0 Å². The van der Waals surface area contributed by atoms with E-state index in [-0.39, 0.29) is 5.92 Å². The van der Waals surface area contributed by atoms with E-state index in [1.165, 1.54) is 0 Å². The molecule has 17 heavy (non-hydrogen) atoms. The molecule has 0 rings (SSSR count). The number of unbranched alkanes of at least 4 members (excludes halogenated alkanes) is 1. The first kappa shape index (κ1) is 16.4. The van der Waals surface area contributed by atoms with Crippen molar-refractivity contribution in [3.8, 4) is 0 Å². The van der Waals surface area contributed by atoms with Crippen LogP contribution in [0, 0.1) is 5.92 Å². The quantitative estimate of drug-likeness (QED) is 0.640. The number of carbonyl (C=O) groups excluding carboxylic acids is 1. The Morgan fingerprint density at radius 2 is 1.65 bits per heavy atom. The number of amides is 1. The van der Waals surface area contributed by atoms with Gasteiger partial charge in [0.05, 0.1) is 0 Å². The van der Waals surface area contributed by atoms with Gasteiger partial charge in [-0.25, -0.2) is 0 Å². The van der Waals surface area contributed by atoms with Crippen LogP contribution in [0.4, 0.5) is 0 Å². The SMILES string of the molecule is CCCCN(CCN)C(=O)C(CCC)CCC. The van der Waals surface area contributed by atoms with Crippen molar-refractivity contribution < 1.29 is 4.79 Å². The molecular weight excluding hydrogens is 212 g/mol. The second-order valence-corrected chi connectivity index (χ2v) is 4.74. The molecule has 3 nitrogen and oxygen atoms in total. The van der Waals surface area contributed by atoms with Crippen molar-refractivity contribution in [3.05, 3.63) is 0 Å². The molecule has 0 spiro atoms. The van der Waals surface area contributed by atoms with Crippen LogP contribution in [0.2, 0.25) is 0 Å². The minimum Gasteiger partial charge on any atom is -0.341 e. The van der Waals surface area contributed by atoms with Gasteiger partial charge in [0.2, 0.25) is 5.91 Å². The van der Waals surface area contributed by atoms with Gasteiger partial charge in [-0.2, -0.15) is 0 Å². The molecule has 3 heteroatoms. The minimum atomic E-state index is 0.216. The summed E-state index contributed by atoms with van der Waals surface area (Å²) < 4.78 is 0. The summed E-state index contributed by atoms with van der Waals surface area (Å²) >= 11 is 0. The fourth-order valence-corrected chi connectivity index (χ4v) is 2.18. The number of nitrogens with zero attached hydrogens (tertiary/aromatic N) is 1. The van der Waals surface area contributed by atoms with E-state index in [1.807, 2.05) is 4.90 Å². The van der Waals surface area contributed by atoms with Crippen molar-refractivity contribution in [1.29, 1.82) is 0 Å². The van der Waals surface area contributed by atoms with Crippen molar-refractivity contribution in [2.75, 3.05) is 19.6 Å². The van der Waals surface area contributed by atoms with Crippen LogP contribution in [0.1, 0.15) is 59.3 Å². The molecule has 0 unspecified atom stereocenters. The Bertz CT molecular complexity index is 189. The summed E-state index contributed by atoms with van der Waals surface area (Å²) in [5.74, 6) is 0.543. The Morgan fingerprint density at radius 1 is 1.06 bits per heavy atom. The Balaban J connectivity index is 4.40. The maximum absolute atomic E-state index is 12.4. The predicted molar refractivity (Wildman–Crippen MR) is 73.8 cm³/mol. The summed E-state index contributed by atoms with van der Waals surface area (Å²) in [5.41, 5.74) is 5.59. The molecule has 2 N–H and O–H groups in total. The molecule has 0 heterocycles. The summed E-state index contributed by atoms with van der Waals surface area (Å²) in [6.45, 7) is 8.60. The normalized spacial score (nSPS) is 10.9. The number of nitrogens with two attached hydrogens (primary N) is 1. The van der Waals surface area contributed by atoms with Crippen LogP contribution in [0.15, 0.2) is 0 Å². The van der Waals surface area contributed by atoms with Gasteiger partial charge in [0.25, 0.3) is 0 Å². The van der Waals surface area contributed by atoms with Gasteiger partial charge in [0.15, 0.2) is 0 Å². The first-order valence-corrected chi connectivity index (χ1v) is 7.19. The summed E-state index contributed by atoms with van der Waals surface area (Å²) in [7, 11) is 0. The highest BCUT2D eigenvalue weighted by Crippen LogP contribution is 2.17. The minimum absolute atomic E-state index is 0.216. The van der Waals surface area contributed by atoms with Gasteiger partial charge in [-0.15, -0.1) is 0 Å². The molecule has 0 aliphatic heterocycles. The Labute approximate surface area is 107 Å². The maximum Gasteiger partial charge on any atom is 0.225 e. The van der Waals surface area contributed by atoms with E-state index in [4.69, 9.17) is 5.73 Å². The van der Waals surface area contributed by atoms with Gasteiger partial charge >= 0.3 is 0 Å². The summed E-state index contributed by atoms with van der Waals surface area (Å²) in [5, 5.41) is 0. The zero-order valence-corrected chi connectivity index (χ0v) is 11.9. The van der Waals surface area contributed by atoms with Gasteiger partial charge < -0.3 is 10.6 Å². The highest BCUT2D eigenvalue weighted by Gasteiger charge is 2.21. The van der Waals surface area contributed by atoms with Crippen LogP contribution in [-0.2, 0) is 4.79 Å². The number of rotatable bonds is 10. The molecule has 0 aromatic carbocycles. The maximum atomic E-state index is 12.4. The number of hydrogen-bond acceptors (Lipinski definition) is 2. The lowest BCUT2D eigenvalue weighted by molar-refractivity contribution is -0.136. The molecular formula is C14H30N2O. The first-order chi connectivity index (χ1) is 8.21. The smallest absolute Gasteiger partial charge is 0.225 e. The highest BCUT2D eigenvalue weighted by molar-refractivity contribution is 5.78. The van der Waals surface area contributed by atoms with Crippen molar-refractivity contribution in [2.45, 2.75) is 59.3 Å². The summed E-state index contributed by atoms with van der Waals surface area (Å²) in [6, 6.07) is 0. The van der Waals surface area contributed by atoms with E-state index in [2.05, 4.69) is 20.8 Å². The molecule has 0 saturated heterocycles. The van der Waals surface area contributed by atoms with E-state index >= 15 is 0 Å². The fraction of sp³-hybridized carbons (Fsp3) is 0.929. The molecule has 0 aliphatic rings. The van der Waals surface area contributed by atoms with Crippen LogP contribution in [0.5, 0.6) is 0 Å². The van der Waals surface area contributed by atoms with Gasteiger partial charge in [0.1, 0.15) is 0 Å². The number of carbonyl (C=O) groups is 1. The van der Waals surface area contributed by atoms with Crippen molar-refractivity contribution in [1.82, 2.24) is 4.90 Å². The molecule has 0 saturated carbocycles. The van der Waals surface area contributed by atoms with Crippen LogP contribution in [0.3, 0.4) is 0 Å². The Hall–Kier alpha value is -0.570. The van der Waals surface area contributed by atoms with E-state index in [1.54, 1.807) is 0 Å². The van der Waals surface area contributed by atoms with E-state index in [0.29, 0.717) is 19.0 Å². The van der Waals surface area contributed by atoms with Gasteiger partial charge in [-0.1, -0.05) is 40.0 Å². The first-order valence-electron chi connectivity index (χ1n) is 7.19. The molecule has 0 radical (unpaired) electrons. The van der Waals surface area contributed by atoms with Gasteiger partial charge in [0, 0.05) is 25.6 Å². The lowest BCUT2D eigenvalue weighted by atomic mass is 9.96. The number of hydrogen-bond donors (Lipinski definition) is 1. The van der Waals surface area contributed by atoms with Gasteiger partial charge in [-0.05, 0) is 19.3 Å². The molecule has 1 amide bonds. The second kappa shape index (κ2) is 10.6. The molecule has 0 bridgehead atoms. The molecule has 0 aliphatic carbocycles. The monoisotopic (exact) mass is 242 g/mol. The van der Waals surface area contributed by atoms with Crippen molar-refractivity contribution >= 4 is 5.91 Å². The Morgan fingerprint density at radius 3 is 2.06 bits per heavy atom. The average Bonchev–Trinajstić information content (AvgIpc) is 2.33. The fourth-order valence-electron chi connectivity index (χ4n) is 2.18. The average molecular weight is 242 g/mol. The third-order valence-electron chi connectivity index (χ3n) is 3.12. The van der Waals surface area contributed by atoms with E-state index in [0.717, 1.165) is 45.1 Å². The third-order valence-corrected chi connectivity index (χ3v) is 3.12. The highest BCUT2D eigenvalue weighted by atomic mass is 16.2. The summed E-state index contributed by atoms with van der Waals surface area (Å²) in [4.78, 5) is 14.4. The molecule has 102 valence electrons. The molecule has 0 atom stereocenters. The van der Waals surface area contributed by atoms with Crippen LogP contribution in [0.25, 0.3) is 0 Å². The van der Waals surface area contributed by atoms with E-state index < -0.39 is 0 Å². The largest absolute Gasteiger partial charge is 0.341 e. The lowest BCUT2D eigenvalue weighted by Gasteiger charge is -2.26. The zero-order valence-electron chi connectivity index (χ0n) is 11.9. The van der Waals surface area contributed by atoms with Crippen LogP contribution < -0.4 is 5.73 Å².